The molecule has 2 saturated heterocycles. The van der Waals surface area contributed by atoms with Gasteiger partial charge in [-0.1, -0.05) is 31.2 Å². The number of carbonyl (C=O) groups excluding carboxylic acids is 1. The number of piperidine rings is 1. The standard InChI is InChI=1S/C20H31N3O2/c1-16-8-11-23(14-19(16)24)15-20(25)21-12-17-4-6-18(7-5-17)13-22-9-2-3-10-22/h4-7,16,19,24H,2-3,8-15H2,1H3,(H,21,25). The maximum atomic E-state index is 12.1. The zero-order valence-corrected chi connectivity index (χ0v) is 15.3. The summed E-state index contributed by atoms with van der Waals surface area (Å²) in [6.45, 7) is 7.93. The summed E-state index contributed by atoms with van der Waals surface area (Å²) in [7, 11) is 0. The Morgan fingerprint density at radius 3 is 2.48 bits per heavy atom. The summed E-state index contributed by atoms with van der Waals surface area (Å²) in [6.07, 6.45) is 3.27. The van der Waals surface area contributed by atoms with Gasteiger partial charge in [-0.2, -0.15) is 0 Å². The number of rotatable bonds is 6. The van der Waals surface area contributed by atoms with Crippen LogP contribution in [-0.4, -0.2) is 59.6 Å². The molecule has 0 spiro atoms. The molecular weight excluding hydrogens is 314 g/mol. The molecule has 2 fully saturated rings. The van der Waals surface area contributed by atoms with E-state index >= 15 is 0 Å². The molecule has 5 heteroatoms. The molecule has 2 atom stereocenters. The Labute approximate surface area is 151 Å². The lowest BCUT2D eigenvalue weighted by Crippen LogP contribution is -2.46. The molecule has 1 aromatic rings. The monoisotopic (exact) mass is 345 g/mol. The highest BCUT2D eigenvalue weighted by Crippen LogP contribution is 2.16. The molecule has 1 amide bonds. The molecule has 2 N–H and O–H groups in total. The average molecular weight is 345 g/mol. The maximum Gasteiger partial charge on any atom is 0.234 e. The predicted molar refractivity (Wildman–Crippen MR) is 99.0 cm³/mol. The van der Waals surface area contributed by atoms with Crippen molar-refractivity contribution < 1.29 is 9.90 Å². The fourth-order valence-corrected chi connectivity index (χ4v) is 3.68. The van der Waals surface area contributed by atoms with E-state index in [1.165, 1.54) is 31.5 Å². The molecule has 0 saturated carbocycles. The van der Waals surface area contributed by atoms with Gasteiger partial charge in [0.25, 0.3) is 0 Å². The topological polar surface area (TPSA) is 55.8 Å². The van der Waals surface area contributed by atoms with E-state index in [9.17, 15) is 9.90 Å². The number of hydrogen-bond donors (Lipinski definition) is 2. The van der Waals surface area contributed by atoms with Crippen LogP contribution < -0.4 is 5.32 Å². The second-order valence-electron chi connectivity index (χ2n) is 7.64. The van der Waals surface area contributed by atoms with Crippen molar-refractivity contribution in [2.24, 2.45) is 5.92 Å². The van der Waals surface area contributed by atoms with E-state index in [2.05, 4.69) is 41.4 Å². The molecule has 0 aromatic heterocycles. The second-order valence-corrected chi connectivity index (χ2v) is 7.64. The van der Waals surface area contributed by atoms with E-state index < -0.39 is 0 Å². The van der Waals surface area contributed by atoms with Gasteiger partial charge in [0, 0.05) is 19.6 Å². The summed E-state index contributed by atoms with van der Waals surface area (Å²) >= 11 is 0. The van der Waals surface area contributed by atoms with E-state index in [4.69, 9.17) is 0 Å². The van der Waals surface area contributed by atoms with Crippen molar-refractivity contribution >= 4 is 5.91 Å². The Kier molecular flexibility index (Phi) is 6.45. The second kappa shape index (κ2) is 8.79. The van der Waals surface area contributed by atoms with Crippen molar-refractivity contribution in [1.82, 2.24) is 15.1 Å². The van der Waals surface area contributed by atoms with Gasteiger partial charge in [0.1, 0.15) is 0 Å². The van der Waals surface area contributed by atoms with Crippen LogP contribution >= 0.6 is 0 Å². The molecule has 138 valence electrons. The summed E-state index contributed by atoms with van der Waals surface area (Å²) in [6, 6.07) is 8.56. The van der Waals surface area contributed by atoms with Crippen LogP contribution in [0.4, 0.5) is 0 Å². The van der Waals surface area contributed by atoms with Gasteiger partial charge in [0.2, 0.25) is 5.91 Å². The summed E-state index contributed by atoms with van der Waals surface area (Å²) < 4.78 is 0. The molecule has 1 aromatic carbocycles. The largest absolute Gasteiger partial charge is 0.392 e. The Balaban J connectivity index is 1.39. The Bertz CT molecular complexity index is 555. The smallest absolute Gasteiger partial charge is 0.234 e. The average Bonchev–Trinajstić information content (AvgIpc) is 3.11. The number of aliphatic hydroxyl groups is 1. The number of aliphatic hydroxyl groups excluding tert-OH is 1. The molecule has 2 heterocycles. The first-order valence-electron chi connectivity index (χ1n) is 9.57. The number of benzene rings is 1. The zero-order valence-electron chi connectivity index (χ0n) is 15.3. The third-order valence-electron chi connectivity index (χ3n) is 5.49. The van der Waals surface area contributed by atoms with Gasteiger partial charge in [-0.15, -0.1) is 0 Å². The van der Waals surface area contributed by atoms with Crippen LogP contribution in [0.15, 0.2) is 24.3 Å². The lowest BCUT2D eigenvalue weighted by atomic mass is 9.96. The molecule has 2 unspecified atom stereocenters. The van der Waals surface area contributed by atoms with Crippen molar-refractivity contribution in [2.45, 2.75) is 45.4 Å². The van der Waals surface area contributed by atoms with Crippen molar-refractivity contribution in [2.75, 3.05) is 32.7 Å². The Morgan fingerprint density at radius 2 is 1.80 bits per heavy atom. The summed E-state index contributed by atoms with van der Waals surface area (Å²) in [5.41, 5.74) is 2.47. The Hall–Kier alpha value is -1.43. The molecule has 0 aliphatic carbocycles. The molecule has 3 rings (SSSR count). The number of amides is 1. The van der Waals surface area contributed by atoms with Crippen LogP contribution in [0.1, 0.15) is 37.3 Å². The van der Waals surface area contributed by atoms with Gasteiger partial charge in [0.05, 0.1) is 12.6 Å². The van der Waals surface area contributed by atoms with Crippen molar-refractivity contribution in [3.05, 3.63) is 35.4 Å². The molecule has 25 heavy (non-hydrogen) atoms. The lowest BCUT2D eigenvalue weighted by molar-refractivity contribution is -0.123. The van der Waals surface area contributed by atoms with Crippen molar-refractivity contribution in [3.8, 4) is 0 Å². The van der Waals surface area contributed by atoms with E-state index in [0.717, 1.165) is 25.1 Å². The van der Waals surface area contributed by atoms with E-state index in [1.807, 2.05) is 4.90 Å². The van der Waals surface area contributed by atoms with Gasteiger partial charge in [0.15, 0.2) is 0 Å². The first-order valence-corrected chi connectivity index (χ1v) is 9.57. The van der Waals surface area contributed by atoms with Crippen LogP contribution in [-0.2, 0) is 17.9 Å². The number of carbonyl (C=O) groups is 1. The van der Waals surface area contributed by atoms with E-state index in [-0.39, 0.29) is 12.0 Å². The molecule has 5 nitrogen and oxygen atoms in total. The van der Waals surface area contributed by atoms with Crippen LogP contribution in [0.2, 0.25) is 0 Å². The third-order valence-corrected chi connectivity index (χ3v) is 5.49. The molecule has 2 aliphatic heterocycles. The van der Waals surface area contributed by atoms with Gasteiger partial charge >= 0.3 is 0 Å². The third kappa shape index (κ3) is 5.53. The van der Waals surface area contributed by atoms with E-state index in [1.54, 1.807) is 0 Å². The Morgan fingerprint density at radius 1 is 1.12 bits per heavy atom. The minimum atomic E-state index is -0.315. The highest BCUT2D eigenvalue weighted by molar-refractivity contribution is 5.78. The predicted octanol–water partition coefficient (Wildman–Crippen LogP) is 1.60. The summed E-state index contributed by atoms with van der Waals surface area (Å²) in [5.74, 6) is 0.362. The number of hydrogen-bond acceptors (Lipinski definition) is 4. The van der Waals surface area contributed by atoms with Crippen LogP contribution in [0.5, 0.6) is 0 Å². The zero-order chi connectivity index (χ0) is 17.6. The van der Waals surface area contributed by atoms with Crippen LogP contribution in [0.3, 0.4) is 0 Å². The fraction of sp³-hybridized carbons (Fsp3) is 0.650. The van der Waals surface area contributed by atoms with Gasteiger partial charge in [-0.25, -0.2) is 0 Å². The number of β-amino-alcohol motifs (C(OH)–C–C–N with tert-alkyl or cyclic N) is 1. The minimum Gasteiger partial charge on any atom is -0.392 e. The molecule has 0 radical (unpaired) electrons. The van der Waals surface area contributed by atoms with Crippen LogP contribution in [0.25, 0.3) is 0 Å². The quantitative estimate of drug-likeness (QED) is 0.822. The van der Waals surface area contributed by atoms with Crippen molar-refractivity contribution in [1.29, 1.82) is 0 Å². The van der Waals surface area contributed by atoms with E-state index in [0.29, 0.717) is 25.6 Å². The number of nitrogens with one attached hydrogen (secondary N) is 1. The minimum absolute atomic E-state index is 0.0305. The number of nitrogens with zero attached hydrogens (tertiary/aromatic N) is 2. The molecule has 2 aliphatic rings. The maximum absolute atomic E-state index is 12.1. The number of likely N-dealkylation sites (tertiary alicyclic amines) is 2. The summed E-state index contributed by atoms with van der Waals surface area (Å²) in [4.78, 5) is 16.7. The van der Waals surface area contributed by atoms with Gasteiger partial charge < -0.3 is 10.4 Å². The van der Waals surface area contributed by atoms with Gasteiger partial charge in [-0.05, 0) is 55.9 Å². The van der Waals surface area contributed by atoms with Crippen LogP contribution in [0, 0.1) is 5.92 Å². The highest BCUT2D eigenvalue weighted by atomic mass is 16.3. The van der Waals surface area contributed by atoms with Crippen molar-refractivity contribution in [3.63, 3.8) is 0 Å². The summed E-state index contributed by atoms with van der Waals surface area (Å²) in [5, 5.41) is 12.9. The lowest BCUT2D eigenvalue weighted by Gasteiger charge is -2.33. The highest BCUT2D eigenvalue weighted by Gasteiger charge is 2.25. The van der Waals surface area contributed by atoms with Gasteiger partial charge in [-0.3, -0.25) is 14.6 Å². The molecular formula is C20H31N3O2. The normalized spacial score (nSPS) is 25.2. The SMILES string of the molecule is CC1CCN(CC(=O)NCc2ccc(CN3CCCC3)cc2)CC1O. The molecule has 0 bridgehead atoms. The first kappa shape index (κ1) is 18.4. The first-order chi connectivity index (χ1) is 12.1. The fourth-order valence-electron chi connectivity index (χ4n) is 3.68.